The first kappa shape index (κ1) is 23.1. The molecule has 6 nitrogen and oxygen atoms in total. The predicted octanol–water partition coefficient (Wildman–Crippen LogP) is 8.29. The fourth-order valence-electron chi connectivity index (χ4n) is 4.90. The van der Waals surface area contributed by atoms with Gasteiger partial charge in [0.2, 0.25) is 0 Å². The van der Waals surface area contributed by atoms with Gasteiger partial charge in [0.05, 0.1) is 17.6 Å². The van der Waals surface area contributed by atoms with Gasteiger partial charge in [-0.25, -0.2) is 4.98 Å². The summed E-state index contributed by atoms with van der Waals surface area (Å²) in [6.45, 7) is 6.32. The standard InChI is InChI=1S/C32H24N6S/c1-19-11-12-30(39-19)25-9-6-10-28-26(25)15-29(36-28)31-27-14-23(17-34-32(27)38-37-31)22-13-24(18-33-16-22)35-20(2)21-7-4-3-5-8-21/h3-18,35-36H,2H2,1H3,(H,34,37,38). The Morgan fingerprint density at radius 3 is 2.59 bits per heavy atom. The second-order valence-electron chi connectivity index (χ2n) is 9.48. The Kier molecular flexibility index (Phi) is 5.56. The van der Waals surface area contributed by atoms with Crippen LogP contribution in [0.2, 0.25) is 0 Å². The van der Waals surface area contributed by atoms with Crippen LogP contribution in [0.15, 0.2) is 104 Å². The third-order valence-electron chi connectivity index (χ3n) is 6.83. The number of hydrogen-bond donors (Lipinski definition) is 3. The van der Waals surface area contributed by atoms with Gasteiger partial charge in [0, 0.05) is 60.8 Å². The van der Waals surface area contributed by atoms with E-state index in [-0.39, 0.29) is 0 Å². The summed E-state index contributed by atoms with van der Waals surface area (Å²) in [5.41, 5.74) is 9.44. The van der Waals surface area contributed by atoms with Gasteiger partial charge in [0.25, 0.3) is 0 Å². The van der Waals surface area contributed by atoms with Gasteiger partial charge in [-0.15, -0.1) is 11.3 Å². The number of aromatic nitrogens is 5. The molecule has 0 atom stereocenters. The van der Waals surface area contributed by atoms with E-state index in [2.05, 4.69) is 92.5 Å². The van der Waals surface area contributed by atoms with Gasteiger partial charge in [-0.3, -0.25) is 10.1 Å². The highest BCUT2D eigenvalue weighted by molar-refractivity contribution is 7.15. The number of benzene rings is 2. The summed E-state index contributed by atoms with van der Waals surface area (Å²) in [4.78, 5) is 15.3. The van der Waals surface area contributed by atoms with E-state index in [0.717, 1.165) is 56.0 Å². The first-order valence-electron chi connectivity index (χ1n) is 12.6. The molecule has 0 amide bonds. The second-order valence-corrected chi connectivity index (χ2v) is 10.8. The number of rotatable bonds is 6. The molecule has 0 aliphatic heterocycles. The van der Waals surface area contributed by atoms with Crippen molar-refractivity contribution in [1.29, 1.82) is 0 Å². The van der Waals surface area contributed by atoms with Gasteiger partial charge >= 0.3 is 0 Å². The van der Waals surface area contributed by atoms with Crippen LogP contribution in [0.25, 0.3) is 60.6 Å². The van der Waals surface area contributed by atoms with E-state index >= 15 is 0 Å². The summed E-state index contributed by atoms with van der Waals surface area (Å²) < 4.78 is 0. The molecule has 0 fully saturated rings. The Morgan fingerprint density at radius 1 is 0.872 bits per heavy atom. The predicted molar refractivity (Wildman–Crippen MR) is 162 cm³/mol. The SMILES string of the molecule is C=C(Nc1cncc(-c2cnc3[nH]nc(-c4cc5c(-c6ccc(C)s6)cccc5[nH]4)c3c2)c1)c1ccccc1. The van der Waals surface area contributed by atoms with E-state index < -0.39 is 0 Å². The van der Waals surface area contributed by atoms with Crippen LogP contribution in [-0.4, -0.2) is 25.1 Å². The third-order valence-corrected chi connectivity index (χ3v) is 7.86. The quantitative estimate of drug-likeness (QED) is 0.204. The molecule has 7 rings (SSSR count). The Bertz CT molecular complexity index is 1980. The lowest BCUT2D eigenvalue weighted by Gasteiger charge is -2.11. The van der Waals surface area contributed by atoms with Crippen molar-refractivity contribution >= 4 is 44.7 Å². The molecule has 0 saturated carbocycles. The smallest absolute Gasteiger partial charge is 0.155 e. The number of hydrogen-bond acceptors (Lipinski definition) is 5. The minimum atomic E-state index is 0.737. The summed E-state index contributed by atoms with van der Waals surface area (Å²) in [6, 6.07) is 27.1. The highest BCUT2D eigenvalue weighted by Crippen LogP contribution is 2.37. The van der Waals surface area contributed by atoms with Gasteiger partial charge in [0.15, 0.2) is 5.65 Å². The van der Waals surface area contributed by atoms with Crippen molar-refractivity contribution in [3.8, 4) is 33.0 Å². The van der Waals surface area contributed by atoms with E-state index in [1.807, 2.05) is 42.7 Å². The molecule has 7 heteroatoms. The van der Waals surface area contributed by atoms with Gasteiger partial charge in [-0.1, -0.05) is 49.0 Å². The Labute approximate surface area is 229 Å². The van der Waals surface area contributed by atoms with Gasteiger partial charge in [-0.05, 0) is 48.9 Å². The van der Waals surface area contributed by atoms with Crippen molar-refractivity contribution in [1.82, 2.24) is 25.1 Å². The number of pyridine rings is 2. The number of aromatic amines is 2. The van der Waals surface area contributed by atoms with Crippen molar-refractivity contribution in [2.45, 2.75) is 6.92 Å². The van der Waals surface area contributed by atoms with Crippen molar-refractivity contribution in [2.75, 3.05) is 5.32 Å². The Hall–Kier alpha value is -5.01. The topological polar surface area (TPSA) is 82.3 Å². The largest absolute Gasteiger partial charge is 0.354 e. The highest BCUT2D eigenvalue weighted by Gasteiger charge is 2.16. The summed E-state index contributed by atoms with van der Waals surface area (Å²) in [6.07, 6.45) is 5.49. The fourth-order valence-corrected chi connectivity index (χ4v) is 5.80. The molecule has 2 aromatic carbocycles. The molecule has 188 valence electrons. The maximum absolute atomic E-state index is 4.67. The zero-order valence-corrected chi connectivity index (χ0v) is 22.0. The number of thiophene rings is 1. The van der Waals surface area contributed by atoms with Crippen molar-refractivity contribution < 1.29 is 0 Å². The average molecular weight is 525 g/mol. The van der Waals surface area contributed by atoms with Crippen molar-refractivity contribution in [2.24, 2.45) is 0 Å². The first-order chi connectivity index (χ1) is 19.1. The number of anilines is 1. The number of fused-ring (bicyclic) bond motifs is 2. The molecule has 7 aromatic rings. The summed E-state index contributed by atoms with van der Waals surface area (Å²) >= 11 is 1.81. The zero-order chi connectivity index (χ0) is 26.3. The van der Waals surface area contributed by atoms with Crippen LogP contribution in [0.3, 0.4) is 0 Å². The van der Waals surface area contributed by atoms with Crippen LogP contribution < -0.4 is 5.32 Å². The number of nitrogens with one attached hydrogen (secondary N) is 3. The van der Waals surface area contributed by atoms with Crippen LogP contribution in [-0.2, 0) is 0 Å². The lowest BCUT2D eigenvalue weighted by molar-refractivity contribution is 1.10. The molecular weight excluding hydrogens is 500 g/mol. The normalized spacial score (nSPS) is 11.3. The lowest BCUT2D eigenvalue weighted by Crippen LogP contribution is -1.98. The Balaban J connectivity index is 1.25. The molecule has 0 spiro atoms. The van der Waals surface area contributed by atoms with Crippen LogP contribution in [0.1, 0.15) is 10.4 Å². The Morgan fingerprint density at radius 2 is 1.74 bits per heavy atom. The molecule has 5 aromatic heterocycles. The highest BCUT2D eigenvalue weighted by atomic mass is 32.1. The molecule has 3 N–H and O–H groups in total. The summed E-state index contributed by atoms with van der Waals surface area (Å²) in [7, 11) is 0. The van der Waals surface area contributed by atoms with E-state index in [0.29, 0.717) is 0 Å². The van der Waals surface area contributed by atoms with Crippen LogP contribution in [0.5, 0.6) is 0 Å². The molecule has 0 radical (unpaired) electrons. The zero-order valence-electron chi connectivity index (χ0n) is 21.2. The van der Waals surface area contributed by atoms with Crippen molar-refractivity contribution in [3.05, 3.63) is 114 Å². The molecule has 0 bridgehead atoms. The van der Waals surface area contributed by atoms with E-state index in [4.69, 9.17) is 0 Å². The van der Waals surface area contributed by atoms with Gasteiger partial charge in [-0.2, -0.15) is 5.10 Å². The van der Waals surface area contributed by atoms with E-state index in [9.17, 15) is 0 Å². The lowest BCUT2D eigenvalue weighted by atomic mass is 10.1. The number of nitrogens with zero attached hydrogens (tertiary/aromatic N) is 3. The van der Waals surface area contributed by atoms with Gasteiger partial charge in [0.1, 0.15) is 5.69 Å². The third kappa shape index (κ3) is 4.28. The van der Waals surface area contributed by atoms with E-state index in [1.54, 1.807) is 17.5 Å². The molecule has 0 saturated heterocycles. The average Bonchev–Trinajstić information content (AvgIpc) is 3.71. The van der Waals surface area contributed by atoms with Crippen LogP contribution >= 0.6 is 11.3 Å². The van der Waals surface area contributed by atoms with Crippen LogP contribution in [0, 0.1) is 6.92 Å². The monoisotopic (exact) mass is 524 g/mol. The first-order valence-corrected chi connectivity index (χ1v) is 13.4. The van der Waals surface area contributed by atoms with Gasteiger partial charge < -0.3 is 10.3 Å². The molecule has 39 heavy (non-hydrogen) atoms. The second kappa shape index (κ2) is 9.38. The fraction of sp³-hybridized carbons (Fsp3) is 0.0312. The van der Waals surface area contributed by atoms with E-state index in [1.165, 1.54) is 20.7 Å². The maximum Gasteiger partial charge on any atom is 0.155 e. The summed E-state index contributed by atoms with van der Waals surface area (Å²) in [5, 5.41) is 13.2. The number of H-pyrrole nitrogens is 2. The minimum absolute atomic E-state index is 0.737. The minimum Gasteiger partial charge on any atom is -0.354 e. The maximum atomic E-state index is 4.67. The molecule has 0 aliphatic carbocycles. The summed E-state index contributed by atoms with van der Waals surface area (Å²) in [5.74, 6) is 0. The molecule has 5 heterocycles. The number of aryl methyl sites for hydroxylation is 1. The molecule has 0 unspecified atom stereocenters. The molecular formula is C32H24N6S. The van der Waals surface area contributed by atoms with Crippen molar-refractivity contribution in [3.63, 3.8) is 0 Å². The molecule has 0 aliphatic rings. The van der Waals surface area contributed by atoms with Crippen LogP contribution in [0.4, 0.5) is 5.69 Å².